The van der Waals surface area contributed by atoms with Crippen LogP contribution in [0, 0.1) is 0 Å². The molecule has 0 aromatic carbocycles. The van der Waals surface area contributed by atoms with Gasteiger partial charge >= 0.3 is 39.5 Å². The van der Waals surface area contributed by atoms with Crippen LogP contribution in [0.25, 0.3) is 0 Å². The highest BCUT2D eigenvalue weighted by Gasteiger charge is 2.30. The van der Waals surface area contributed by atoms with E-state index < -0.39 is 97.5 Å². The molecule has 5 atom stereocenters. The Bertz CT molecular complexity index is 1170. The van der Waals surface area contributed by atoms with E-state index >= 15 is 0 Å². The normalized spacial score (nSPS) is 15.1. The summed E-state index contributed by atoms with van der Waals surface area (Å²) in [5.74, 6) is -2.26. The smallest absolute Gasteiger partial charge is 0.462 e. The summed E-state index contributed by atoms with van der Waals surface area (Å²) in [4.78, 5) is 69.3. The average molecular weight is 863 g/mol. The van der Waals surface area contributed by atoms with E-state index in [0.717, 1.165) is 64.2 Å². The summed E-state index contributed by atoms with van der Waals surface area (Å²) in [7, 11) is -9.78. The maximum atomic E-state index is 12.6. The number of rotatable bonds is 39. The molecule has 0 radical (unpaired) electrons. The van der Waals surface area contributed by atoms with Gasteiger partial charge in [-0.15, -0.1) is 0 Å². The number of esters is 4. The lowest BCUT2D eigenvalue weighted by Gasteiger charge is -2.21. The van der Waals surface area contributed by atoms with Crippen molar-refractivity contribution in [1.82, 2.24) is 0 Å². The molecule has 57 heavy (non-hydrogen) atoms. The highest BCUT2D eigenvalue weighted by Crippen LogP contribution is 2.45. The van der Waals surface area contributed by atoms with Gasteiger partial charge in [0, 0.05) is 25.7 Å². The lowest BCUT2D eigenvalue weighted by Crippen LogP contribution is -2.30. The fourth-order valence-electron chi connectivity index (χ4n) is 4.99. The van der Waals surface area contributed by atoms with Crippen LogP contribution in [-0.4, -0.2) is 96.7 Å². The minimum absolute atomic E-state index is 0.0759. The molecule has 0 aromatic rings. The Hall–Kier alpha value is -1.94. The van der Waals surface area contributed by atoms with Gasteiger partial charge in [0.05, 0.1) is 26.4 Å². The van der Waals surface area contributed by atoms with E-state index in [4.69, 9.17) is 37.0 Å². The highest BCUT2D eigenvalue weighted by atomic mass is 31.2. The molecule has 336 valence electrons. The Labute approximate surface area is 339 Å². The van der Waals surface area contributed by atoms with E-state index in [1.54, 1.807) is 0 Å². The number of aliphatic hydroxyl groups excluding tert-OH is 1. The Morgan fingerprint density at radius 1 is 0.421 bits per heavy atom. The summed E-state index contributed by atoms with van der Waals surface area (Å²) in [6.45, 7) is 4.01. The van der Waals surface area contributed by atoms with Crippen LogP contribution in [0.2, 0.25) is 0 Å². The zero-order valence-electron chi connectivity index (χ0n) is 34.8. The Morgan fingerprint density at radius 3 is 1.11 bits per heavy atom. The molecule has 0 rings (SSSR count). The molecule has 19 heteroatoms. The second-order valence-electron chi connectivity index (χ2n) is 14.0. The van der Waals surface area contributed by atoms with Gasteiger partial charge < -0.3 is 33.8 Å². The number of ether oxygens (including phenoxy) is 4. The molecular formula is C38H72O17P2. The monoisotopic (exact) mass is 862 g/mol. The van der Waals surface area contributed by atoms with Crippen molar-refractivity contribution in [3.8, 4) is 0 Å². The minimum atomic E-state index is -4.90. The Kier molecular flexibility index (Phi) is 33.7. The lowest BCUT2D eigenvalue weighted by atomic mass is 10.1. The van der Waals surface area contributed by atoms with Crippen molar-refractivity contribution in [2.75, 3.05) is 39.6 Å². The van der Waals surface area contributed by atoms with Crippen molar-refractivity contribution in [3.05, 3.63) is 0 Å². The summed E-state index contributed by atoms with van der Waals surface area (Å²) >= 11 is 0. The first-order chi connectivity index (χ1) is 27.2. The van der Waals surface area contributed by atoms with Gasteiger partial charge in [-0.1, -0.05) is 111 Å². The number of hydrogen-bond donors (Lipinski definition) is 3. The van der Waals surface area contributed by atoms with Crippen molar-refractivity contribution in [3.63, 3.8) is 0 Å². The van der Waals surface area contributed by atoms with Crippen LogP contribution in [0.5, 0.6) is 0 Å². The molecule has 0 aliphatic carbocycles. The van der Waals surface area contributed by atoms with E-state index in [1.807, 2.05) is 13.8 Å². The summed E-state index contributed by atoms with van der Waals surface area (Å²) in [5, 5.41) is 10.2. The van der Waals surface area contributed by atoms with Gasteiger partial charge in [0.15, 0.2) is 12.2 Å². The Balaban J connectivity index is 5.01. The van der Waals surface area contributed by atoms with Gasteiger partial charge in [-0.3, -0.25) is 37.3 Å². The second kappa shape index (κ2) is 34.9. The quantitative estimate of drug-likeness (QED) is 0.0231. The van der Waals surface area contributed by atoms with Crippen molar-refractivity contribution in [2.24, 2.45) is 0 Å². The summed E-state index contributed by atoms with van der Waals surface area (Å²) in [6, 6.07) is 0. The molecule has 0 fully saturated rings. The molecule has 0 aliphatic rings. The van der Waals surface area contributed by atoms with Gasteiger partial charge in [-0.2, -0.15) is 0 Å². The van der Waals surface area contributed by atoms with E-state index in [0.29, 0.717) is 25.7 Å². The third-order valence-corrected chi connectivity index (χ3v) is 10.3. The predicted octanol–water partition coefficient (Wildman–Crippen LogP) is 7.80. The van der Waals surface area contributed by atoms with Gasteiger partial charge in [0.1, 0.15) is 19.3 Å². The molecule has 0 aromatic heterocycles. The van der Waals surface area contributed by atoms with E-state index in [2.05, 4.69) is 13.8 Å². The molecule has 0 saturated carbocycles. The molecule has 0 heterocycles. The molecule has 0 bridgehead atoms. The molecule has 2 unspecified atom stereocenters. The molecule has 0 saturated heterocycles. The standard InChI is InChI=1S/C38H72O17P2/c1-5-9-13-15-16-17-19-20-24-36(41)49-29-34(55-38(43)25-21-18-14-10-6-2)31-53-57(46,47)51-27-32(39)26-50-56(44,45)52-30-33(54-37(42)23-12-8-4)28-48-35(40)22-11-7-3/h32-34,39H,5-31H2,1-4H3,(H,44,45)(H,46,47)/t32-,33+,34+/m0/s1. The zero-order valence-corrected chi connectivity index (χ0v) is 36.6. The van der Waals surface area contributed by atoms with Crippen molar-refractivity contribution in [2.45, 2.75) is 181 Å². The maximum Gasteiger partial charge on any atom is 0.472 e. The van der Waals surface area contributed by atoms with Gasteiger partial charge in [0.25, 0.3) is 0 Å². The topological polar surface area (TPSA) is 237 Å². The number of carbonyl (C=O) groups is 4. The number of hydrogen-bond acceptors (Lipinski definition) is 15. The average Bonchev–Trinajstić information content (AvgIpc) is 3.17. The van der Waals surface area contributed by atoms with Crippen molar-refractivity contribution in [1.29, 1.82) is 0 Å². The first-order valence-electron chi connectivity index (χ1n) is 20.8. The first kappa shape index (κ1) is 55.1. The van der Waals surface area contributed by atoms with Crippen LogP contribution in [0.1, 0.15) is 163 Å². The largest absolute Gasteiger partial charge is 0.472 e. The van der Waals surface area contributed by atoms with Crippen LogP contribution >= 0.6 is 15.6 Å². The van der Waals surface area contributed by atoms with Gasteiger partial charge in [-0.05, 0) is 25.7 Å². The van der Waals surface area contributed by atoms with E-state index in [9.17, 15) is 43.2 Å². The molecule has 17 nitrogen and oxygen atoms in total. The summed E-state index contributed by atoms with van der Waals surface area (Å²) < 4.78 is 65.5. The summed E-state index contributed by atoms with van der Waals surface area (Å²) in [6.07, 6.45) is 11.8. The third kappa shape index (κ3) is 34.6. The maximum absolute atomic E-state index is 12.6. The number of unbranched alkanes of at least 4 members (excludes halogenated alkanes) is 13. The van der Waals surface area contributed by atoms with Crippen LogP contribution < -0.4 is 0 Å². The van der Waals surface area contributed by atoms with E-state index in [-0.39, 0.29) is 25.7 Å². The fourth-order valence-corrected chi connectivity index (χ4v) is 6.57. The van der Waals surface area contributed by atoms with E-state index in [1.165, 1.54) is 19.3 Å². The van der Waals surface area contributed by atoms with Crippen LogP contribution in [0.15, 0.2) is 0 Å². The fraction of sp³-hybridized carbons (Fsp3) is 0.895. The molecular weight excluding hydrogens is 790 g/mol. The molecule has 0 amide bonds. The number of aliphatic hydroxyl groups is 1. The van der Waals surface area contributed by atoms with Gasteiger partial charge in [0.2, 0.25) is 0 Å². The van der Waals surface area contributed by atoms with Crippen LogP contribution in [0.4, 0.5) is 0 Å². The highest BCUT2D eigenvalue weighted by molar-refractivity contribution is 7.47. The molecule has 3 N–H and O–H groups in total. The summed E-state index contributed by atoms with van der Waals surface area (Å²) in [5.41, 5.74) is 0. The number of phosphoric acid groups is 2. The Morgan fingerprint density at radius 2 is 0.719 bits per heavy atom. The third-order valence-electron chi connectivity index (χ3n) is 8.35. The van der Waals surface area contributed by atoms with Crippen molar-refractivity contribution >= 4 is 39.5 Å². The predicted molar refractivity (Wildman–Crippen MR) is 211 cm³/mol. The minimum Gasteiger partial charge on any atom is -0.462 e. The van der Waals surface area contributed by atoms with Crippen LogP contribution in [0.3, 0.4) is 0 Å². The SMILES string of the molecule is CCCCCCCCCCC(=O)OC[C@H](COP(=O)(O)OC[C@@H](O)COP(=O)(O)OC[C@@H](COC(=O)CCCC)OC(=O)CCCC)OC(=O)CCCCCCC. The number of phosphoric ester groups is 2. The first-order valence-corrected chi connectivity index (χ1v) is 23.8. The zero-order chi connectivity index (χ0) is 42.8. The number of carbonyl (C=O) groups excluding carboxylic acids is 4. The van der Waals surface area contributed by atoms with Crippen molar-refractivity contribution < 1.29 is 80.2 Å². The second-order valence-corrected chi connectivity index (χ2v) is 16.9. The molecule has 0 spiro atoms. The lowest BCUT2D eigenvalue weighted by molar-refractivity contribution is -0.161. The van der Waals surface area contributed by atoms with Gasteiger partial charge in [-0.25, -0.2) is 9.13 Å². The van der Waals surface area contributed by atoms with Crippen LogP contribution in [-0.2, 0) is 65.4 Å². The molecule has 0 aliphatic heterocycles.